The molecule has 66 heteroatoms. The van der Waals surface area contributed by atoms with Gasteiger partial charge in [-0.3, -0.25) is 39.9 Å². The molecule has 0 aliphatic carbocycles. The molecule has 0 atom stereocenters. The topological polar surface area (TPSA) is 1080 Å². The van der Waals surface area contributed by atoms with E-state index in [1.54, 1.807) is 147 Å². The summed E-state index contributed by atoms with van der Waals surface area (Å²) < 4.78 is 0. The number of rotatable bonds is 24. The third-order valence-corrected chi connectivity index (χ3v) is 11.5. The van der Waals surface area contributed by atoms with Crippen LogP contribution >= 0.6 is 0 Å². The zero-order valence-corrected chi connectivity index (χ0v) is 92.5. The van der Waals surface area contributed by atoms with Crippen LogP contribution in [0.1, 0.15) is 97.9 Å². The van der Waals surface area contributed by atoms with Crippen molar-refractivity contribution in [3.63, 3.8) is 0 Å². The van der Waals surface area contributed by atoms with Gasteiger partial charge in [0.2, 0.25) is 0 Å². The van der Waals surface area contributed by atoms with Crippen molar-refractivity contribution in [2.45, 2.75) is 53.4 Å². The van der Waals surface area contributed by atoms with Gasteiger partial charge in [-0.15, -0.1) is 46.0 Å². The first kappa shape index (κ1) is 184. The number of para-hydroxylation sites is 8. The second-order valence-corrected chi connectivity index (χ2v) is 21.6. The fourth-order valence-corrected chi connectivity index (χ4v) is 7.01. The van der Waals surface area contributed by atoms with Crippen LogP contribution in [0.2, 0.25) is 0 Å². The van der Waals surface area contributed by atoms with Gasteiger partial charge in [-0.05, 0) is 97.9 Å². The summed E-state index contributed by atoms with van der Waals surface area (Å²) in [6.45, 7) is 10.9. The first-order valence-electron chi connectivity index (χ1n) is 33.9. The standard InChI is InChI=1S/4C17H18N2O2.2C3H6O.4Cu.8NO3.8O.4U/c4*20-16-8-3-1-6-14(16)12-18-10-5-11-19-13-15-7-2-4-9-17(15)21;2*1-3(2)4;;;;;8*2-1(3)4;;;;;;;;;;;;/h4*1-4,6-9,12-13,20-21H,5,10-11H2;2*1-2H3;;;;;;;;;;;;;;;;;;;;;;;;/q;;;;;;4*+2;8*-1;8*-2;;;;/p-8. The maximum atomic E-state index is 11.4. The van der Waals surface area contributed by atoms with Gasteiger partial charge in [0.25, 0.3) is 0 Å². The molecule has 0 fully saturated rings. The van der Waals surface area contributed by atoms with Gasteiger partial charge in [-0.25, -0.2) is 0 Å². The van der Waals surface area contributed by atoms with E-state index in [1.165, 1.54) is 76.2 Å². The Bertz CT molecular complexity index is 3790. The van der Waals surface area contributed by atoms with Gasteiger partial charge < -0.3 is 217 Å². The van der Waals surface area contributed by atoms with Crippen molar-refractivity contribution < 1.29 is 328 Å². The molecule has 0 amide bonds. The Labute approximate surface area is 932 Å². The van der Waals surface area contributed by atoms with Crippen molar-refractivity contribution in [1.29, 1.82) is 0 Å². The quantitative estimate of drug-likeness (QED) is 0.0241. The Hall–Kier alpha value is -11.6. The summed E-state index contributed by atoms with van der Waals surface area (Å²) in [7, 11) is 0. The molecule has 4 radical (unpaired) electrons. The number of carbonyl (C=O) groups excluding carboxylic acids is 2. The molecule has 8 aromatic rings. The van der Waals surface area contributed by atoms with Crippen LogP contribution in [0.3, 0.4) is 0 Å². The van der Waals surface area contributed by atoms with Gasteiger partial charge in [0.15, 0.2) is 0 Å². The van der Waals surface area contributed by atoms with E-state index in [0.717, 1.165) is 25.7 Å². The Balaban J connectivity index is -0.0000000566. The first-order valence-corrected chi connectivity index (χ1v) is 33.9. The monoisotopic (exact) mass is 3060 g/mol. The van der Waals surface area contributed by atoms with Crippen LogP contribution in [-0.4, -0.2) is 154 Å². The number of nitrogens with zero attached hydrogens (tertiary/aromatic N) is 16. The maximum Gasteiger partial charge on any atom is 2.00 e. The largest absolute Gasteiger partial charge is 2.00 e. The summed E-state index contributed by atoms with van der Waals surface area (Å²) in [5.74, 6) is 0.158. The fourth-order valence-electron chi connectivity index (χ4n) is 7.01. The smallest absolute Gasteiger partial charge is 2.00 e. The number of hydrogen-bond acceptors (Lipinski definition) is 42. The molecule has 0 bridgehead atoms. The Kier molecular flexibility index (Phi) is 168. The van der Waals surface area contributed by atoms with Crippen LogP contribution < -0.4 is 40.9 Å². The van der Waals surface area contributed by atoms with Gasteiger partial charge in [-0.1, -0.05) is 194 Å². The summed E-state index contributed by atoms with van der Waals surface area (Å²) in [5.41, 5.74) is 4.79. The molecule has 0 aliphatic rings. The van der Waals surface area contributed by atoms with Crippen molar-refractivity contribution >= 4 is 61.3 Å². The second kappa shape index (κ2) is 127. The number of carbonyl (C=O) groups is 2. The summed E-state index contributed by atoms with van der Waals surface area (Å²) >= 11 is 0. The normalized spacial score (nSPS) is 8.60. The predicted octanol–water partition coefficient (Wildman–Crippen LogP) is 5.37. The third kappa shape index (κ3) is 147. The second-order valence-electron chi connectivity index (χ2n) is 21.6. The average molecular weight is 3070 g/mol. The molecule has 8 rings (SSSR count). The molecule has 58 nitrogen and oxygen atoms in total. The van der Waals surface area contributed by atoms with Gasteiger partial charge in [-0.2, -0.15) is 0 Å². The van der Waals surface area contributed by atoms with E-state index in [2.05, 4.69) is 39.9 Å². The fraction of sp³-hybridized carbons (Fsp3) is 0.216. The third-order valence-electron chi connectivity index (χ3n) is 11.5. The number of benzene rings is 8. The van der Waals surface area contributed by atoms with E-state index >= 15 is 0 Å². The first-order chi connectivity index (χ1) is 58.4. The van der Waals surface area contributed by atoms with Crippen molar-refractivity contribution in [2.24, 2.45) is 39.9 Å². The molecule has 0 unspecified atom stereocenters. The van der Waals surface area contributed by atoms with E-state index in [1.807, 2.05) is 48.5 Å². The van der Waals surface area contributed by atoms with Gasteiger partial charge in [0.05, 0.1) is 40.7 Å². The Morgan fingerprint density at radius 3 is 0.329 bits per heavy atom. The number of hydrogen-bond donors (Lipinski definition) is 0. The molecule has 0 heterocycles. The average Bonchev–Trinajstić information content (AvgIpc) is 0.937. The van der Waals surface area contributed by atoms with Crippen molar-refractivity contribution in [1.82, 2.24) is 0 Å². The van der Waals surface area contributed by atoms with Gasteiger partial charge >= 0.3 is 68.3 Å². The molecule has 140 heavy (non-hydrogen) atoms. The van der Waals surface area contributed by atoms with Gasteiger partial charge in [0.1, 0.15) is 11.6 Å². The minimum atomic E-state index is -1.75. The summed E-state index contributed by atoms with van der Waals surface area (Å²) in [6, 6.07) is 54.3. The minimum Gasteiger partial charge on any atom is -2.00 e. The number of aliphatic imine (C=N–C) groups is 8. The van der Waals surface area contributed by atoms with E-state index in [-0.39, 0.29) is 294 Å². The Morgan fingerprint density at radius 2 is 0.264 bits per heavy atom. The van der Waals surface area contributed by atoms with E-state index in [0.29, 0.717) is 96.9 Å². The molecule has 0 saturated carbocycles. The van der Waals surface area contributed by atoms with Crippen LogP contribution in [0, 0.1) is 247 Å². The van der Waals surface area contributed by atoms with E-state index < -0.39 is 40.7 Å². The maximum absolute atomic E-state index is 11.4. The van der Waals surface area contributed by atoms with E-state index in [9.17, 15) is 50.4 Å². The zero-order chi connectivity index (χ0) is 95.4. The van der Waals surface area contributed by atoms with Crippen LogP contribution in [-0.2, 0) is 122 Å². The SMILES string of the molecule is CC(C)=O.CC(C)=O.O=[N+]([O-])[O-].O=[N+]([O-])[O-].O=[N+]([O-])[O-].O=[N+]([O-])[O-].O=[N+]([O-])[O-].O=[N+]([O-])[O-].O=[N+]([O-])[O-].O=[N+]([O-])[O-].[Cu+2].[Cu+2].[Cu+2].[Cu+2].[O-2].[O-2].[O-2].[O-2].[O-2].[O-2].[O-2].[O-2].[O-]c1ccccc1C=NCCCN=Cc1ccccc1[O-].[O-]c1ccccc1C=NCCCN=Cc1ccccc1[O-].[O-]c1ccccc1C=NCCCN=Cc1ccccc1[O-].[O-]c1ccccc1C=NCCCN=Cc1ccccc1[O-].[U].[U].[U].[U]. The summed E-state index contributed by atoms with van der Waals surface area (Å²) in [5, 5.41) is 209. The van der Waals surface area contributed by atoms with Crippen LogP contribution in [0.5, 0.6) is 46.0 Å². The van der Waals surface area contributed by atoms with Crippen molar-refractivity contribution in [3.8, 4) is 46.0 Å². The summed E-state index contributed by atoms with van der Waals surface area (Å²) in [4.78, 5) is 119. The number of ketones is 2. The molecule has 0 spiro atoms. The molecule has 0 N–H and O–H groups in total. The Morgan fingerprint density at radius 1 is 0.200 bits per heavy atom. The number of Topliss-reactive ketones (excluding diaryl/α,β-unsaturated/α-hetero) is 2. The molecule has 0 saturated heterocycles. The molecular formula is C74H76Cu4N16O42U4-24. The molecule has 0 aliphatic heterocycles. The van der Waals surface area contributed by atoms with Crippen LogP contribution in [0.4, 0.5) is 0 Å². The molecule has 788 valence electrons. The van der Waals surface area contributed by atoms with Crippen molar-refractivity contribution in [2.75, 3.05) is 52.4 Å². The van der Waals surface area contributed by atoms with Crippen molar-refractivity contribution in [3.05, 3.63) is 361 Å². The van der Waals surface area contributed by atoms with E-state index in [4.69, 9.17) is 123 Å². The van der Waals surface area contributed by atoms with Crippen LogP contribution in [0.25, 0.3) is 0 Å². The molecule has 0 aromatic heterocycles. The van der Waals surface area contributed by atoms with Gasteiger partial charge in [0, 0.05) is 227 Å². The summed E-state index contributed by atoms with van der Waals surface area (Å²) in [6.07, 6.45) is 15.9. The van der Waals surface area contributed by atoms with Crippen LogP contribution in [0.15, 0.2) is 234 Å². The molecule has 8 aromatic carbocycles. The molecular weight excluding hydrogens is 2990 g/mol. The minimum absolute atomic E-state index is 0. The zero-order valence-electron chi connectivity index (χ0n) is 72.1. The predicted molar refractivity (Wildman–Crippen MR) is 446 cm³/mol.